The van der Waals surface area contributed by atoms with Gasteiger partial charge in [0.15, 0.2) is 0 Å². The first-order valence-corrected chi connectivity index (χ1v) is 8.80. The zero-order chi connectivity index (χ0) is 15.6. The van der Waals surface area contributed by atoms with Crippen molar-refractivity contribution in [3.63, 3.8) is 0 Å². The molecule has 1 unspecified atom stereocenters. The highest BCUT2D eigenvalue weighted by Gasteiger charge is 2.43. The van der Waals surface area contributed by atoms with E-state index in [0.717, 1.165) is 15.8 Å². The van der Waals surface area contributed by atoms with Crippen molar-refractivity contribution >= 4 is 39.1 Å². The second-order valence-electron chi connectivity index (χ2n) is 5.72. The van der Waals surface area contributed by atoms with Crippen LogP contribution in [0.4, 0.5) is 0 Å². The number of thiophene rings is 1. The summed E-state index contributed by atoms with van der Waals surface area (Å²) in [5.74, 6) is -1.43. The molecule has 0 spiro atoms. The second kappa shape index (κ2) is 6.92. The van der Waals surface area contributed by atoms with Crippen molar-refractivity contribution in [2.24, 2.45) is 17.8 Å². The summed E-state index contributed by atoms with van der Waals surface area (Å²) in [6.07, 6.45) is 2.26. The van der Waals surface area contributed by atoms with Gasteiger partial charge >= 0.3 is 5.97 Å². The Morgan fingerprint density at radius 1 is 1.43 bits per heavy atom. The molecule has 4 nitrogen and oxygen atoms in total. The number of halogens is 1. The van der Waals surface area contributed by atoms with Crippen molar-refractivity contribution in [1.82, 2.24) is 4.90 Å². The Labute approximate surface area is 137 Å². The van der Waals surface area contributed by atoms with E-state index < -0.39 is 11.9 Å². The molecule has 6 heteroatoms. The van der Waals surface area contributed by atoms with Crippen molar-refractivity contribution < 1.29 is 14.7 Å². The maximum atomic E-state index is 12.6. The van der Waals surface area contributed by atoms with Crippen LogP contribution in [0.5, 0.6) is 0 Å². The lowest BCUT2D eigenvalue weighted by molar-refractivity contribution is -0.148. The van der Waals surface area contributed by atoms with Crippen LogP contribution in [-0.2, 0) is 16.1 Å². The van der Waals surface area contributed by atoms with Gasteiger partial charge in [0.1, 0.15) is 0 Å². The summed E-state index contributed by atoms with van der Waals surface area (Å²) in [7, 11) is 1.76. The molecule has 21 heavy (non-hydrogen) atoms. The molecule has 0 radical (unpaired) electrons. The number of carbonyl (C=O) groups is 2. The summed E-state index contributed by atoms with van der Waals surface area (Å²) in [4.78, 5) is 26.7. The number of rotatable bonds is 5. The first-order valence-electron chi connectivity index (χ1n) is 7.13. The second-order valence-corrected chi connectivity index (χ2v) is 7.63. The number of nitrogens with zero attached hydrogens (tertiary/aromatic N) is 1. The molecule has 1 N–H and O–H groups in total. The molecule has 1 aliphatic rings. The number of hydrogen-bond acceptors (Lipinski definition) is 3. The van der Waals surface area contributed by atoms with Crippen molar-refractivity contribution in [3.8, 4) is 0 Å². The Kier molecular flexibility index (Phi) is 5.43. The number of carbonyl (C=O) groups excluding carboxylic acids is 1. The minimum Gasteiger partial charge on any atom is -0.481 e. The van der Waals surface area contributed by atoms with E-state index in [1.807, 2.05) is 11.4 Å². The molecule has 1 aromatic rings. The lowest BCUT2D eigenvalue weighted by Crippen LogP contribution is -2.36. The van der Waals surface area contributed by atoms with Gasteiger partial charge in [-0.05, 0) is 40.8 Å². The molecule has 1 saturated carbocycles. The number of amides is 1. The highest BCUT2D eigenvalue weighted by Crippen LogP contribution is 2.39. The lowest BCUT2D eigenvalue weighted by Gasteiger charge is -2.23. The molecule has 3 atom stereocenters. The molecule has 0 bridgehead atoms. The summed E-state index contributed by atoms with van der Waals surface area (Å²) in [5.41, 5.74) is 0. The van der Waals surface area contributed by atoms with Crippen LogP contribution < -0.4 is 0 Å². The molecule has 1 heterocycles. The summed E-state index contributed by atoms with van der Waals surface area (Å²) in [6.45, 7) is 2.60. The van der Waals surface area contributed by atoms with Crippen molar-refractivity contribution in [1.29, 1.82) is 0 Å². The van der Waals surface area contributed by atoms with Gasteiger partial charge < -0.3 is 10.0 Å². The molecule has 0 aliphatic heterocycles. The lowest BCUT2D eigenvalue weighted by atomic mass is 9.95. The van der Waals surface area contributed by atoms with Crippen LogP contribution in [0.15, 0.2) is 15.9 Å². The fourth-order valence-corrected chi connectivity index (χ4v) is 4.56. The summed E-state index contributed by atoms with van der Waals surface area (Å²) in [5, 5.41) is 11.3. The minimum atomic E-state index is -0.837. The fraction of sp³-hybridized carbons (Fsp3) is 0.600. The van der Waals surface area contributed by atoms with Crippen molar-refractivity contribution in [3.05, 3.63) is 20.8 Å². The summed E-state index contributed by atoms with van der Waals surface area (Å²) >= 11 is 4.99. The average Bonchev–Trinajstić information content (AvgIpc) is 3.04. The van der Waals surface area contributed by atoms with Crippen LogP contribution in [-0.4, -0.2) is 28.9 Å². The normalized spacial score (nSPS) is 25.0. The molecule has 1 amide bonds. The SMILES string of the molecule is CCC1C[C@H](C(=O)N(C)Cc2cc(Br)cs2)[C@H](C(=O)O)C1. The van der Waals surface area contributed by atoms with Gasteiger partial charge in [-0.1, -0.05) is 13.3 Å². The third-order valence-corrected chi connectivity index (χ3v) is 5.95. The van der Waals surface area contributed by atoms with E-state index >= 15 is 0 Å². The smallest absolute Gasteiger partial charge is 0.307 e. The van der Waals surface area contributed by atoms with Crippen molar-refractivity contribution in [2.45, 2.75) is 32.7 Å². The Morgan fingerprint density at radius 3 is 2.62 bits per heavy atom. The minimum absolute atomic E-state index is 0.0390. The Morgan fingerprint density at radius 2 is 2.10 bits per heavy atom. The van der Waals surface area contributed by atoms with Crippen LogP contribution in [0.1, 0.15) is 31.1 Å². The molecular weight excluding hydrogens is 354 g/mol. The van der Waals surface area contributed by atoms with Gasteiger partial charge in [-0.25, -0.2) is 0 Å². The van der Waals surface area contributed by atoms with Crippen LogP contribution >= 0.6 is 27.3 Å². The number of hydrogen-bond donors (Lipinski definition) is 1. The van der Waals surface area contributed by atoms with Crippen molar-refractivity contribution in [2.75, 3.05) is 7.05 Å². The summed E-state index contributed by atoms with van der Waals surface area (Å²) < 4.78 is 1.01. The van der Waals surface area contributed by atoms with Crippen LogP contribution in [0.3, 0.4) is 0 Å². The highest BCUT2D eigenvalue weighted by molar-refractivity contribution is 9.10. The van der Waals surface area contributed by atoms with E-state index in [9.17, 15) is 14.7 Å². The monoisotopic (exact) mass is 373 g/mol. The van der Waals surface area contributed by atoms with Crippen LogP contribution in [0.2, 0.25) is 0 Å². The zero-order valence-corrected chi connectivity index (χ0v) is 14.6. The number of aliphatic carboxylic acids is 1. The fourth-order valence-electron chi connectivity index (χ4n) is 3.05. The Balaban J connectivity index is 2.05. The number of carboxylic acid groups (broad SMARTS) is 1. The quantitative estimate of drug-likeness (QED) is 0.857. The largest absolute Gasteiger partial charge is 0.481 e. The zero-order valence-electron chi connectivity index (χ0n) is 12.2. The third-order valence-electron chi connectivity index (χ3n) is 4.26. The first kappa shape index (κ1) is 16.5. The molecule has 0 aromatic carbocycles. The maximum absolute atomic E-state index is 12.6. The van der Waals surface area contributed by atoms with Crippen LogP contribution in [0, 0.1) is 17.8 Å². The van der Waals surface area contributed by atoms with Gasteiger partial charge in [0.2, 0.25) is 5.91 Å². The molecule has 1 fully saturated rings. The molecule has 0 saturated heterocycles. The Bertz CT molecular complexity index is 531. The van der Waals surface area contributed by atoms with Crippen LogP contribution in [0.25, 0.3) is 0 Å². The molecule has 116 valence electrons. The van der Waals surface area contributed by atoms with Gasteiger partial charge in [0.25, 0.3) is 0 Å². The standard InChI is InChI=1S/C15H20BrNO3S/c1-3-9-4-12(13(5-9)15(19)20)14(18)17(2)7-11-6-10(16)8-21-11/h6,8-9,12-13H,3-5,7H2,1-2H3,(H,19,20)/t9?,12-,13+/m0/s1. The van der Waals surface area contributed by atoms with E-state index in [1.165, 1.54) is 0 Å². The topological polar surface area (TPSA) is 57.6 Å². The predicted octanol–water partition coefficient (Wildman–Crippen LogP) is 3.61. The molecular formula is C15H20BrNO3S. The van der Waals surface area contributed by atoms with Gasteiger partial charge in [-0.3, -0.25) is 9.59 Å². The third kappa shape index (κ3) is 3.86. The van der Waals surface area contributed by atoms with E-state index in [1.54, 1.807) is 23.3 Å². The number of carboxylic acids is 1. The Hall–Kier alpha value is -0.880. The van der Waals surface area contributed by atoms with E-state index in [-0.39, 0.29) is 11.8 Å². The van der Waals surface area contributed by atoms with E-state index in [2.05, 4.69) is 22.9 Å². The maximum Gasteiger partial charge on any atom is 0.307 e. The van der Waals surface area contributed by atoms with E-state index in [0.29, 0.717) is 25.3 Å². The molecule has 2 rings (SSSR count). The van der Waals surface area contributed by atoms with Gasteiger partial charge in [-0.15, -0.1) is 11.3 Å². The first-order chi connectivity index (χ1) is 9.92. The predicted molar refractivity (Wildman–Crippen MR) is 86.1 cm³/mol. The van der Waals surface area contributed by atoms with E-state index in [4.69, 9.17) is 0 Å². The van der Waals surface area contributed by atoms with Gasteiger partial charge in [-0.2, -0.15) is 0 Å². The molecule has 1 aromatic heterocycles. The van der Waals surface area contributed by atoms with Gasteiger partial charge in [0.05, 0.1) is 18.4 Å². The highest BCUT2D eigenvalue weighted by atomic mass is 79.9. The average molecular weight is 374 g/mol. The molecule has 1 aliphatic carbocycles. The van der Waals surface area contributed by atoms with Gasteiger partial charge in [0, 0.05) is 21.8 Å². The summed E-state index contributed by atoms with van der Waals surface area (Å²) in [6, 6.07) is 1.99.